The third-order valence-electron chi connectivity index (χ3n) is 2.56. The van der Waals surface area contributed by atoms with Crippen molar-refractivity contribution < 1.29 is 30.7 Å². The van der Waals surface area contributed by atoms with Crippen molar-refractivity contribution in [1.29, 1.82) is 0 Å². The Morgan fingerprint density at radius 1 is 1.00 bits per heavy atom. The van der Waals surface area contributed by atoms with Crippen LogP contribution in [0.2, 0.25) is 0 Å². The highest BCUT2D eigenvalue weighted by molar-refractivity contribution is 5.77. The van der Waals surface area contributed by atoms with Crippen molar-refractivity contribution in [1.82, 2.24) is 4.57 Å². The lowest BCUT2D eigenvalue weighted by Crippen LogP contribution is -2.51. The summed E-state index contributed by atoms with van der Waals surface area (Å²) in [4.78, 5) is 3.46. The molecule has 0 aliphatic carbocycles. The maximum Gasteiger partial charge on any atom is 0.437 e. The molecule has 9 heteroatoms. The minimum absolute atomic E-state index is 0.0759. The molecule has 0 spiro atoms. The molecule has 1 rings (SSSR count). The van der Waals surface area contributed by atoms with Crippen LogP contribution in [0.4, 0.5) is 30.7 Å². The minimum Gasteiger partial charge on any atom is -0.344 e. The normalized spacial score (nSPS) is 14.4. The van der Waals surface area contributed by atoms with Crippen LogP contribution in [0.5, 0.6) is 0 Å². The topological polar surface area (TPSA) is 17.3 Å². The Labute approximate surface area is 103 Å². The van der Waals surface area contributed by atoms with Crippen molar-refractivity contribution in [3.63, 3.8) is 0 Å². The lowest BCUT2D eigenvalue weighted by atomic mass is 10.0. The van der Waals surface area contributed by atoms with Gasteiger partial charge in [-0.15, -0.1) is 0 Å². The summed E-state index contributed by atoms with van der Waals surface area (Å²) in [5.41, 5.74) is -7.04. The molecule has 0 atom stereocenters. The standard InChI is InChI=1S/C10H9F7N2/c1-18-5-6-3-4-7(19(6)2)8(11,9(12,13)14)10(15,16)17/h3-5H,1-2H3/b18-5+. The summed E-state index contributed by atoms with van der Waals surface area (Å²) in [7, 11) is 2.18. The van der Waals surface area contributed by atoms with Crippen molar-refractivity contribution in [2.75, 3.05) is 7.05 Å². The van der Waals surface area contributed by atoms with Gasteiger partial charge in [-0.3, -0.25) is 4.99 Å². The fraction of sp³-hybridized carbons (Fsp3) is 0.500. The number of alkyl halides is 7. The Morgan fingerprint density at radius 2 is 1.47 bits per heavy atom. The van der Waals surface area contributed by atoms with Crippen LogP contribution in [0.1, 0.15) is 11.4 Å². The molecule has 1 aromatic heterocycles. The molecule has 2 nitrogen and oxygen atoms in total. The number of hydrogen-bond donors (Lipinski definition) is 0. The quantitative estimate of drug-likeness (QED) is 0.587. The van der Waals surface area contributed by atoms with Crippen molar-refractivity contribution in [2.45, 2.75) is 18.0 Å². The molecule has 0 amide bonds. The Bertz CT molecular complexity index is 467. The third kappa shape index (κ3) is 2.33. The fourth-order valence-corrected chi connectivity index (χ4v) is 1.59. The molecule has 0 unspecified atom stereocenters. The Kier molecular flexibility index (Phi) is 3.70. The summed E-state index contributed by atoms with van der Waals surface area (Å²) in [6, 6.07) is 1.37. The number of rotatable bonds is 2. The Balaban J connectivity index is 3.53. The van der Waals surface area contributed by atoms with Gasteiger partial charge in [-0.05, 0) is 12.1 Å². The summed E-state index contributed by atoms with van der Waals surface area (Å²) in [5, 5.41) is 0. The summed E-state index contributed by atoms with van der Waals surface area (Å²) in [5.74, 6) is 0. The van der Waals surface area contributed by atoms with E-state index in [1.165, 1.54) is 7.05 Å². The molecule has 19 heavy (non-hydrogen) atoms. The zero-order chi connectivity index (χ0) is 15.1. The average molecular weight is 290 g/mol. The van der Waals surface area contributed by atoms with Gasteiger partial charge in [0.1, 0.15) is 0 Å². The predicted octanol–water partition coefficient (Wildman–Crippen LogP) is 3.36. The van der Waals surface area contributed by atoms with Crippen LogP contribution in [0.3, 0.4) is 0 Å². The first-order valence-electron chi connectivity index (χ1n) is 4.87. The number of nitrogens with zero attached hydrogens (tertiary/aromatic N) is 2. The molecule has 108 valence electrons. The highest BCUT2D eigenvalue weighted by Crippen LogP contribution is 2.53. The monoisotopic (exact) mass is 290 g/mol. The van der Waals surface area contributed by atoms with Crippen molar-refractivity contribution in [3.8, 4) is 0 Å². The first-order valence-corrected chi connectivity index (χ1v) is 4.87. The van der Waals surface area contributed by atoms with Crippen LogP contribution < -0.4 is 0 Å². The summed E-state index contributed by atoms with van der Waals surface area (Å²) >= 11 is 0. The number of aliphatic imine (C=N–C) groups is 1. The molecular weight excluding hydrogens is 281 g/mol. The van der Waals surface area contributed by atoms with E-state index in [1.807, 2.05) is 0 Å². The van der Waals surface area contributed by atoms with E-state index >= 15 is 0 Å². The van der Waals surface area contributed by atoms with Gasteiger partial charge < -0.3 is 4.57 Å². The van der Waals surface area contributed by atoms with E-state index in [4.69, 9.17) is 0 Å². The molecule has 0 saturated carbocycles. The van der Waals surface area contributed by atoms with E-state index in [9.17, 15) is 30.7 Å². The highest BCUT2D eigenvalue weighted by atomic mass is 19.4. The zero-order valence-electron chi connectivity index (χ0n) is 9.77. The molecule has 0 N–H and O–H groups in total. The van der Waals surface area contributed by atoms with E-state index < -0.39 is 23.7 Å². The first kappa shape index (κ1) is 15.5. The van der Waals surface area contributed by atoms with E-state index in [1.54, 1.807) is 0 Å². The Hall–Kier alpha value is -1.54. The lowest BCUT2D eigenvalue weighted by molar-refractivity contribution is -0.350. The van der Waals surface area contributed by atoms with Gasteiger partial charge in [0.05, 0.1) is 11.4 Å². The second-order valence-electron chi connectivity index (χ2n) is 3.74. The van der Waals surface area contributed by atoms with Crippen molar-refractivity contribution >= 4 is 6.21 Å². The minimum atomic E-state index is -6.11. The number of hydrogen-bond acceptors (Lipinski definition) is 1. The van der Waals surface area contributed by atoms with E-state index in [-0.39, 0.29) is 5.69 Å². The smallest absolute Gasteiger partial charge is 0.344 e. The molecule has 0 fully saturated rings. The summed E-state index contributed by atoms with van der Waals surface area (Å²) in [6.07, 6.45) is -11.2. The van der Waals surface area contributed by atoms with Gasteiger partial charge in [-0.2, -0.15) is 26.3 Å². The summed E-state index contributed by atoms with van der Waals surface area (Å²) < 4.78 is 89.3. The zero-order valence-corrected chi connectivity index (χ0v) is 9.77. The maximum absolute atomic E-state index is 13.7. The average Bonchev–Trinajstić information content (AvgIpc) is 2.57. The van der Waals surface area contributed by atoms with Crippen LogP contribution in [-0.4, -0.2) is 30.2 Å². The van der Waals surface area contributed by atoms with Crippen LogP contribution in [0, 0.1) is 0 Å². The van der Waals surface area contributed by atoms with E-state index in [0.717, 1.165) is 19.3 Å². The largest absolute Gasteiger partial charge is 0.437 e. The van der Waals surface area contributed by atoms with Crippen LogP contribution in [0.25, 0.3) is 0 Å². The number of halogens is 7. The van der Waals surface area contributed by atoms with Crippen molar-refractivity contribution in [3.05, 3.63) is 23.5 Å². The van der Waals surface area contributed by atoms with Gasteiger partial charge >= 0.3 is 18.0 Å². The molecule has 0 aliphatic heterocycles. The first-order chi connectivity index (χ1) is 8.46. The SMILES string of the molecule is C/N=C/c1ccc(C(F)(C(F)(F)F)C(F)(F)F)n1C. The second kappa shape index (κ2) is 4.53. The van der Waals surface area contributed by atoms with Gasteiger partial charge in [-0.1, -0.05) is 0 Å². The maximum atomic E-state index is 13.7. The van der Waals surface area contributed by atoms with Crippen LogP contribution in [-0.2, 0) is 12.7 Å². The van der Waals surface area contributed by atoms with Crippen molar-refractivity contribution in [2.24, 2.45) is 12.0 Å². The highest BCUT2D eigenvalue weighted by Gasteiger charge is 2.74. The van der Waals surface area contributed by atoms with Crippen LogP contribution in [0.15, 0.2) is 17.1 Å². The third-order valence-corrected chi connectivity index (χ3v) is 2.56. The number of aromatic nitrogens is 1. The predicted molar refractivity (Wildman–Crippen MR) is 53.8 cm³/mol. The fourth-order valence-electron chi connectivity index (χ4n) is 1.59. The second-order valence-corrected chi connectivity index (χ2v) is 3.74. The van der Waals surface area contributed by atoms with E-state index in [2.05, 4.69) is 4.99 Å². The van der Waals surface area contributed by atoms with Gasteiger partial charge in [0, 0.05) is 20.3 Å². The van der Waals surface area contributed by atoms with E-state index in [0.29, 0.717) is 10.6 Å². The van der Waals surface area contributed by atoms with Gasteiger partial charge in [-0.25, -0.2) is 4.39 Å². The lowest BCUT2D eigenvalue weighted by Gasteiger charge is -2.30. The van der Waals surface area contributed by atoms with Gasteiger partial charge in [0.15, 0.2) is 0 Å². The molecule has 0 radical (unpaired) electrons. The molecule has 0 saturated heterocycles. The van der Waals surface area contributed by atoms with Gasteiger partial charge in [0.2, 0.25) is 0 Å². The molecule has 1 aromatic rings. The molecule has 0 aliphatic rings. The molecular formula is C10H9F7N2. The molecule has 0 bridgehead atoms. The Morgan fingerprint density at radius 3 is 1.84 bits per heavy atom. The van der Waals surface area contributed by atoms with Crippen LogP contribution >= 0.6 is 0 Å². The molecule has 0 aromatic carbocycles. The summed E-state index contributed by atoms with van der Waals surface area (Å²) in [6.45, 7) is 0. The molecule has 1 heterocycles. The van der Waals surface area contributed by atoms with Gasteiger partial charge in [0.25, 0.3) is 0 Å².